The summed E-state index contributed by atoms with van der Waals surface area (Å²) in [7, 11) is 0. The second-order valence-corrected chi connectivity index (χ2v) is 5.85. The number of nitrogens with zero attached hydrogens (tertiary/aromatic N) is 2. The molecule has 2 aromatic carbocycles. The molecule has 0 saturated heterocycles. The number of hydrogen-bond donors (Lipinski definition) is 0. The molecule has 0 fully saturated rings. The zero-order valence-corrected chi connectivity index (χ0v) is 12.3. The standard InChI is InChI=1S/C18H14N2O2/c1-10(2)11-7-8-15-13(9-11)16(21)17-19-14-6-4-3-5-12(14)18(22)20(15)17/h3-10H,1-2H3. The Hall–Kier alpha value is -2.75. The van der Waals surface area contributed by atoms with Crippen molar-refractivity contribution in [1.29, 1.82) is 0 Å². The topological polar surface area (TPSA) is 52.0 Å². The van der Waals surface area contributed by atoms with Crippen LogP contribution in [0.2, 0.25) is 0 Å². The molecule has 0 saturated carbocycles. The normalized spacial score (nSPS) is 12.8. The zero-order chi connectivity index (χ0) is 15.4. The molecule has 22 heavy (non-hydrogen) atoms. The van der Waals surface area contributed by atoms with Gasteiger partial charge in [0.25, 0.3) is 5.56 Å². The van der Waals surface area contributed by atoms with Gasteiger partial charge in [0.1, 0.15) is 0 Å². The highest BCUT2D eigenvalue weighted by molar-refractivity contribution is 6.13. The number of ketones is 1. The molecule has 0 spiro atoms. The van der Waals surface area contributed by atoms with Crippen LogP contribution in [-0.2, 0) is 0 Å². The fraction of sp³-hybridized carbons (Fsp3) is 0.167. The predicted molar refractivity (Wildman–Crippen MR) is 84.9 cm³/mol. The van der Waals surface area contributed by atoms with Crippen LogP contribution in [0.4, 0.5) is 0 Å². The van der Waals surface area contributed by atoms with Gasteiger partial charge in [0.15, 0.2) is 5.82 Å². The lowest BCUT2D eigenvalue weighted by atomic mass is 9.99. The minimum absolute atomic E-state index is 0.180. The number of carbonyl (C=O) groups excluding carboxylic acids is 1. The molecule has 4 nitrogen and oxygen atoms in total. The van der Waals surface area contributed by atoms with E-state index < -0.39 is 0 Å². The summed E-state index contributed by atoms with van der Waals surface area (Å²) in [5.74, 6) is 0.352. The Morgan fingerprint density at radius 1 is 1.05 bits per heavy atom. The molecule has 108 valence electrons. The minimum atomic E-state index is -0.190. The van der Waals surface area contributed by atoms with Crippen molar-refractivity contribution in [1.82, 2.24) is 9.55 Å². The van der Waals surface area contributed by atoms with Crippen molar-refractivity contribution in [2.75, 3.05) is 0 Å². The van der Waals surface area contributed by atoms with Crippen LogP contribution in [0.3, 0.4) is 0 Å². The van der Waals surface area contributed by atoms with Crippen LogP contribution < -0.4 is 5.56 Å². The van der Waals surface area contributed by atoms with Crippen molar-refractivity contribution in [3.63, 3.8) is 0 Å². The van der Waals surface area contributed by atoms with Gasteiger partial charge in [0.05, 0.1) is 22.2 Å². The van der Waals surface area contributed by atoms with E-state index in [0.717, 1.165) is 5.56 Å². The first-order chi connectivity index (χ1) is 10.6. The fourth-order valence-electron chi connectivity index (χ4n) is 2.92. The first-order valence-electron chi connectivity index (χ1n) is 7.29. The maximum atomic E-state index is 12.7. The highest BCUT2D eigenvalue weighted by Crippen LogP contribution is 2.29. The van der Waals surface area contributed by atoms with Crippen LogP contribution in [0.15, 0.2) is 47.3 Å². The lowest BCUT2D eigenvalue weighted by molar-refractivity contribution is 0.103. The molecule has 2 heterocycles. The number of aromatic nitrogens is 2. The van der Waals surface area contributed by atoms with Crippen LogP contribution in [0.25, 0.3) is 16.6 Å². The molecule has 0 aliphatic carbocycles. The van der Waals surface area contributed by atoms with Gasteiger partial charge in [-0.25, -0.2) is 4.98 Å². The predicted octanol–water partition coefficient (Wildman–Crippen LogP) is 3.05. The molecule has 0 bridgehead atoms. The second-order valence-electron chi connectivity index (χ2n) is 5.85. The van der Waals surface area contributed by atoms with Gasteiger partial charge in [-0.3, -0.25) is 14.2 Å². The van der Waals surface area contributed by atoms with E-state index in [-0.39, 0.29) is 17.2 Å². The number of hydrogen-bond acceptors (Lipinski definition) is 3. The molecule has 0 amide bonds. The molecule has 3 aromatic rings. The van der Waals surface area contributed by atoms with E-state index in [0.29, 0.717) is 28.1 Å². The second kappa shape index (κ2) is 4.37. The number of para-hydroxylation sites is 1. The first-order valence-corrected chi connectivity index (χ1v) is 7.29. The number of carbonyl (C=O) groups is 1. The van der Waals surface area contributed by atoms with E-state index in [2.05, 4.69) is 18.8 Å². The van der Waals surface area contributed by atoms with Crippen molar-refractivity contribution in [2.24, 2.45) is 0 Å². The van der Waals surface area contributed by atoms with E-state index in [1.165, 1.54) is 4.57 Å². The Morgan fingerprint density at radius 2 is 1.82 bits per heavy atom. The molecule has 1 aromatic heterocycles. The van der Waals surface area contributed by atoms with Crippen LogP contribution >= 0.6 is 0 Å². The van der Waals surface area contributed by atoms with Gasteiger partial charge in [0, 0.05) is 0 Å². The Labute approximate surface area is 127 Å². The quantitative estimate of drug-likeness (QED) is 0.541. The summed E-state index contributed by atoms with van der Waals surface area (Å²) in [5, 5.41) is 0.528. The number of fused-ring (bicyclic) bond motifs is 4. The maximum Gasteiger partial charge on any atom is 0.266 e. The molecule has 1 aliphatic rings. The van der Waals surface area contributed by atoms with Gasteiger partial charge in [-0.15, -0.1) is 0 Å². The van der Waals surface area contributed by atoms with Crippen LogP contribution in [0, 0.1) is 0 Å². The Balaban J connectivity index is 2.08. The summed E-state index contributed by atoms with van der Waals surface area (Å²) in [6.45, 7) is 4.15. The van der Waals surface area contributed by atoms with E-state index in [1.54, 1.807) is 18.2 Å². The summed E-state index contributed by atoms with van der Waals surface area (Å²) in [5.41, 5.74) is 2.64. The molecule has 4 rings (SSSR count). The summed E-state index contributed by atoms with van der Waals surface area (Å²) >= 11 is 0. The van der Waals surface area contributed by atoms with Crippen molar-refractivity contribution in [3.05, 3.63) is 69.8 Å². The fourth-order valence-corrected chi connectivity index (χ4v) is 2.92. The van der Waals surface area contributed by atoms with Crippen molar-refractivity contribution in [3.8, 4) is 5.69 Å². The Kier molecular flexibility index (Phi) is 2.57. The average Bonchev–Trinajstić information content (AvgIpc) is 2.80. The largest absolute Gasteiger partial charge is 0.285 e. The minimum Gasteiger partial charge on any atom is -0.285 e. The summed E-state index contributed by atoms with van der Waals surface area (Å²) in [6.07, 6.45) is 0. The maximum absolute atomic E-state index is 12.7. The molecule has 0 atom stereocenters. The smallest absolute Gasteiger partial charge is 0.266 e. The third-order valence-electron chi connectivity index (χ3n) is 4.15. The summed E-state index contributed by atoms with van der Waals surface area (Å²) in [6, 6.07) is 12.8. The average molecular weight is 290 g/mol. The van der Waals surface area contributed by atoms with Crippen LogP contribution in [-0.4, -0.2) is 15.3 Å². The van der Waals surface area contributed by atoms with Crippen LogP contribution in [0.5, 0.6) is 0 Å². The highest BCUT2D eigenvalue weighted by Gasteiger charge is 2.30. The zero-order valence-electron chi connectivity index (χ0n) is 12.3. The van der Waals surface area contributed by atoms with Crippen molar-refractivity contribution < 1.29 is 4.79 Å². The van der Waals surface area contributed by atoms with Gasteiger partial charge in [-0.1, -0.05) is 32.0 Å². The molecule has 0 radical (unpaired) electrons. The van der Waals surface area contributed by atoms with Gasteiger partial charge in [-0.05, 0) is 35.7 Å². The van der Waals surface area contributed by atoms with Gasteiger partial charge < -0.3 is 0 Å². The lowest BCUT2D eigenvalue weighted by Crippen LogP contribution is -2.21. The monoisotopic (exact) mass is 290 g/mol. The van der Waals surface area contributed by atoms with E-state index in [4.69, 9.17) is 0 Å². The van der Waals surface area contributed by atoms with E-state index in [9.17, 15) is 9.59 Å². The number of benzene rings is 2. The van der Waals surface area contributed by atoms with Crippen molar-refractivity contribution in [2.45, 2.75) is 19.8 Å². The molecule has 4 heteroatoms. The van der Waals surface area contributed by atoms with Gasteiger partial charge >= 0.3 is 0 Å². The SMILES string of the molecule is CC(C)c1ccc2c(c1)C(=O)c1nc3ccccc3c(=O)n1-2. The molecule has 1 aliphatic heterocycles. The Morgan fingerprint density at radius 3 is 2.59 bits per heavy atom. The third-order valence-corrected chi connectivity index (χ3v) is 4.15. The van der Waals surface area contributed by atoms with Gasteiger partial charge in [0.2, 0.25) is 5.78 Å². The van der Waals surface area contributed by atoms with Crippen LogP contribution in [0.1, 0.15) is 41.5 Å². The molecular weight excluding hydrogens is 276 g/mol. The Bertz CT molecular complexity index is 1000. The summed E-state index contributed by atoms with van der Waals surface area (Å²) in [4.78, 5) is 29.8. The molecular formula is C18H14N2O2. The number of rotatable bonds is 1. The van der Waals surface area contributed by atoms with E-state index >= 15 is 0 Å². The first kappa shape index (κ1) is 13.0. The highest BCUT2D eigenvalue weighted by atomic mass is 16.1. The lowest BCUT2D eigenvalue weighted by Gasteiger charge is -2.08. The van der Waals surface area contributed by atoms with Crippen molar-refractivity contribution >= 4 is 16.7 Å². The van der Waals surface area contributed by atoms with E-state index in [1.807, 2.05) is 24.3 Å². The molecule has 0 N–H and O–H groups in total. The summed E-state index contributed by atoms with van der Waals surface area (Å²) < 4.78 is 1.43. The third kappa shape index (κ3) is 1.61. The molecule has 0 unspecified atom stereocenters. The van der Waals surface area contributed by atoms with Gasteiger partial charge in [-0.2, -0.15) is 0 Å².